The first-order valence-electron chi connectivity index (χ1n) is 6.46. The minimum atomic E-state index is -0.576. The molecular formula is C15H16N2O3. The van der Waals surface area contributed by atoms with Crippen LogP contribution in [0.1, 0.15) is 36.8 Å². The topological polar surface area (TPSA) is 71.7 Å². The summed E-state index contributed by atoms with van der Waals surface area (Å²) >= 11 is 0. The summed E-state index contributed by atoms with van der Waals surface area (Å²) in [6.45, 7) is 0. The fourth-order valence-corrected chi connectivity index (χ4v) is 2.83. The lowest BCUT2D eigenvalue weighted by atomic mass is 9.87. The highest BCUT2D eigenvalue weighted by Gasteiger charge is 2.37. The number of methoxy groups -OCH3 is 2. The van der Waals surface area contributed by atoms with Gasteiger partial charge in [-0.05, 0) is 30.5 Å². The van der Waals surface area contributed by atoms with E-state index in [0.29, 0.717) is 17.1 Å². The van der Waals surface area contributed by atoms with Crippen LogP contribution in [0, 0.1) is 11.3 Å². The monoisotopic (exact) mass is 272 g/mol. The predicted octanol–water partition coefficient (Wildman–Crippen LogP) is 2.68. The standard InChI is InChI=1S/C15H16N2O3/c1-19-13-8-12(7-11(9-16)14(13)20-2)15(17-10-18)5-3-4-6-15/h7-8H,3-6H2,1-2H3. The first-order chi connectivity index (χ1) is 9.70. The van der Waals surface area contributed by atoms with E-state index in [-0.39, 0.29) is 0 Å². The summed E-state index contributed by atoms with van der Waals surface area (Å²) in [6.07, 6.45) is 5.24. The highest BCUT2D eigenvalue weighted by molar-refractivity contribution is 5.56. The Morgan fingerprint density at radius 1 is 1.25 bits per heavy atom. The van der Waals surface area contributed by atoms with Crippen molar-refractivity contribution in [2.24, 2.45) is 4.99 Å². The van der Waals surface area contributed by atoms with Crippen LogP contribution >= 0.6 is 0 Å². The molecule has 0 bridgehead atoms. The second-order valence-corrected chi connectivity index (χ2v) is 4.81. The van der Waals surface area contributed by atoms with Gasteiger partial charge in [-0.1, -0.05) is 12.8 Å². The van der Waals surface area contributed by atoms with Gasteiger partial charge in [0.25, 0.3) is 0 Å². The zero-order valence-electron chi connectivity index (χ0n) is 11.6. The molecule has 5 heteroatoms. The minimum absolute atomic E-state index is 0.384. The number of carbonyl (C=O) groups excluding carboxylic acids is 1. The molecular weight excluding hydrogens is 256 g/mol. The molecule has 0 atom stereocenters. The fraction of sp³-hybridized carbons (Fsp3) is 0.467. The molecule has 104 valence electrons. The van der Waals surface area contributed by atoms with E-state index in [1.165, 1.54) is 14.2 Å². The molecule has 0 heterocycles. The summed E-state index contributed by atoms with van der Waals surface area (Å²) in [6, 6.07) is 5.63. The number of hydrogen-bond donors (Lipinski definition) is 0. The van der Waals surface area contributed by atoms with Gasteiger partial charge in [0.15, 0.2) is 11.5 Å². The van der Waals surface area contributed by atoms with Gasteiger partial charge in [0.05, 0.1) is 25.3 Å². The van der Waals surface area contributed by atoms with Crippen molar-refractivity contribution in [3.8, 4) is 17.6 Å². The molecule has 0 saturated heterocycles. The Bertz CT molecular complexity index is 592. The molecule has 0 spiro atoms. The Morgan fingerprint density at radius 2 is 1.95 bits per heavy atom. The van der Waals surface area contributed by atoms with Crippen molar-refractivity contribution >= 4 is 6.08 Å². The van der Waals surface area contributed by atoms with Gasteiger partial charge in [-0.25, -0.2) is 4.79 Å². The number of ether oxygens (including phenoxy) is 2. The minimum Gasteiger partial charge on any atom is -0.493 e. The number of hydrogen-bond acceptors (Lipinski definition) is 5. The first kappa shape index (κ1) is 14.1. The maximum absolute atomic E-state index is 10.8. The van der Waals surface area contributed by atoms with Gasteiger partial charge in [-0.2, -0.15) is 10.3 Å². The maximum atomic E-state index is 10.8. The highest BCUT2D eigenvalue weighted by atomic mass is 16.5. The lowest BCUT2D eigenvalue weighted by Crippen LogP contribution is -2.19. The number of aliphatic imine (C=N–C) groups is 1. The largest absolute Gasteiger partial charge is 0.493 e. The van der Waals surface area contributed by atoms with E-state index >= 15 is 0 Å². The van der Waals surface area contributed by atoms with Gasteiger partial charge >= 0.3 is 0 Å². The van der Waals surface area contributed by atoms with E-state index in [1.54, 1.807) is 18.2 Å². The molecule has 0 aromatic heterocycles. The van der Waals surface area contributed by atoms with E-state index in [1.807, 2.05) is 0 Å². The number of nitriles is 1. The normalized spacial score (nSPS) is 16.1. The van der Waals surface area contributed by atoms with Crippen molar-refractivity contribution in [2.75, 3.05) is 14.2 Å². The average molecular weight is 272 g/mol. The average Bonchev–Trinajstić information content (AvgIpc) is 2.95. The molecule has 1 aromatic rings. The molecule has 1 fully saturated rings. The lowest BCUT2D eigenvalue weighted by Gasteiger charge is -2.24. The predicted molar refractivity (Wildman–Crippen MR) is 72.5 cm³/mol. The molecule has 1 aliphatic rings. The van der Waals surface area contributed by atoms with Crippen LogP contribution in [0.2, 0.25) is 0 Å². The van der Waals surface area contributed by atoms with E-state index in [2.05, 4.69) is 11.1 Å². The molecule has 0 unspecified atom stereocenters. The smallest absolute Gasteiger partial charge is 0.235 e. The molecule has 0 amide bonds. The van der Waals surface area contributed by atoms with Crippen LogP contribution in [0.4, 0.5) is 0 Å². The Hall–Kier alpha value is -2.31. The SMILES string of the molecule is COc1cc(C2(N=C=O)CCCC2)cc(C#N)c1OC. The van der Waals surface area contributed by atoms with Crippen LogP contribution in [0.3, 0.4) is 0 Å². The van der Waals surface area contributed by atoms with Gasteiger partial charge < -0.3 is 9.47 Å². The number of isocyanates is 1. The third-order valence-electron chi connectivity index (χ3n) is 3.83. The summed E-state index contributed by atoms with van der Waals surface area (Å²) < 4.78 is 10.5. The maximum Gasteiger partial charge on any atom is 0.235 e. The Morgan fingerprint density at radius 3 is 2.45 bits per heavy atom. The zero-order valence-corrected chi connectivity index (χ0v) is 11.6. The van der Waals surface area contributed by atoms with E-state index in [0.717, 1.165) is 31.2 Å². The van der Waals surface area contributed by atoms with Gasteiger partial charge in [0.2, 0.25) is 6.08 Å². The lowest BCUT2D eigenvalue weighted by molar-refractivity contribution is 0.351. The molecule has 0 aliphatic heterocycles. The van der Waals surface area contributed by atoms with Crippen LogP contribution in [0.15, 0.2) is 17.1 Å². The van der Waals surface area contributed by atoms with Crippen LogP contribution in [0.5, 0.6) is 11.5 Å². The molecule has 0 radical (unpaired) electrons. The quantitative estimate of drug-likeness (QED) is 0.624. The molecule has 5 nitrogen and oxygen atoms in total. The molecule has 1 aliphatic carbocycles. The molecule has 0 N–H and O–H groups in total. The third kappa shape index (κ3) is 2.26. The Kier molecular flexibility index (Phi) is 4.07. The van der Waals surface area contributed by atoms with Crippen molar-refractivity contribution in [1.82, 2.24) is 0 Å². The van der Waals surface area contributed by atoms with Crippen molar-refractivity contribution in [1.29, 1.82) is 5.26 Å². The van der Waals surface area contributed by atoms with E-state index in [9.17, 15) is 10.1 Å². The van der Waals surface area contributed by atoms with E-state index in [4.69, 9.17) is 9.47 Å². The second kappa shape index (κ2) is 5.77. The Balaban J connectivity index is 2.63. The van der Waals surface area contributed by atoms with Crippen molar-refractivity contribution in [3.63, 3.8) is 0 Å². The van der Waals surface area contributed by atoms with Crippen LogP contribution in [0.25, 0.3) is 0 Å². The molecule has 1 saturated carbocycles. The highest BCUT2D eigenvalue weighted by Crippen LogP contribution is 2.45. The summed E-state index contributed by atoms with van der Waals surface area (Å²) in [5, 5.41) is 9.26. The summed E-state index contributed by atoms with van der Waals surface area (Å²) in [5.74, 6) is 0.885. The second-order valence-electron chi connectivity index (χ2n) is 4.81. The Labute approximate surface area is 117 Å². The summed E-state index contributed by atoms with van der Waals surface area (Å²) in [7, 11) is 3.01. The fourth-order valence-electron chi connectivity index (χ4n) is 2.83. The molecule has 2 rings (SSSR count). The van der Waals surface area contributed by atoms with Gasteiger partial charge in [0.1, 0.15) is 6.07 Å². The van der Waals surface area contributed by atoms with Crippen molar-refractivity contribution in [3.05, 3.63) is 23.3 Å². The van der Waals surface area contributed by atoms with Crippen molar-refractivity contribution < 1.29 is 14.3 Å². The van der Waals surface area contributed by atoms with E-state index < -0.39 is 5.54 Å². The zero-order chi connectivity index (χ0) is 14.6. The number of nitrogens with zero attached hydrogens (tertiary/aromatic N) is 2. The van der Waals surface area contributed by atoms with Gasteiger partial charge in [-0.3, -0.25) is 0 Å². The number of rotatable bonds is 4. The first-order valence-corrected chi connectivity index (χ1v) is 6.46. The summed E-state index contributed by atoms with van der Waals surface area (Å²) in [5.41, 5.74) is 0.620. The molecule has 20 heavy (non-hydrogen) atoms. The van der Waals surface area contributed by atoms with Crippen molar-refractivity contribution in [2.45, 2.75) is 31.2 Å². The summed E-state index contributed by atoms with van der Waals surface area (Å²) in [4.78, 5) is 14.8. The van der Waals surface area contributed by atoms with Crippen LogP contribution in [-0.4, -0.2) is 20.3 Å². The van der Waals surface area contributed by atoms with Gasteiger partial charge in [0, 0.05) is 0 Å². The third-order valence-corrected chi connectivity index (χ3v) is 3.83. The van der Waals surface area contributed by atoms with Gasteiger partial charge in [-0.15, -0.1) is 0 Å². The molecule has 1 aromatic carbocycles. The van der Waals surface area contributed by atoms with Crippen LogP contribution in [-0.2, 0) is 10.3 Å². The number of benzene rings is 1. The van der Waals surface area contributed by atoms with Crippen LogP contribution < -0.4 is 9.47 Å².